The molecule has 2 unspecified atom stereocenters. The minimum atomic E-state index is 0.290. The first kappa shape index (κ1) is 6.58. The molecule has 2 atom stereocenters. The summed E-state index contributed by atoms with van der Waals surface area (Å²) in [6.07, 6.45) is 3.81. The number of hydrogen-bond donors (Lipinski definition) is 2. The average molecular weight is 141 g/mol. The summed E-state index contributed by atoms with van der Waals surface area (Å²) in [5, 5.41) is 0. The van der Waals surface area contributed by atoms with Crippen molar-refractivity contribution in [2.45, 2.75) is 24.8 Å². The van der Waals surface area contributed by atoms with Crippen LogP contribution in [0, 0.1) is 0 Å². The Kier molecular flexibility index (Phi) is 1.44. The number of nitrogens with two attached hydrogens (primary N) is 1. The normalized spacial score (nSPS) is 45.9. The summed E-state index contributed by atoms with van der Waals surface area (Å²) in [4.78, 5) is 2.49. The first-order chi connectivity index (χ1) is 4.85. The molecule has 0 aliphatic carbocycles. The summed E-state index contributed by atoms with van der Waals surface area (Å²) < 4.78 is 0. The summed E-state index contributed by atoms with van der Waals surface area (Å²) in [5.74, 6) is 5.50. The van der Waals surface area contributed by atoms with Crippen LogP contribution in [0.2, 0.25) is 0 Å². The second-order valence-electron chi connectivity index (χ2n) is 3.55. The van der Waals surface area contributed by atoms with E-state index in [0.29, 0.717) is 0 Å². The van der Waals surface area contributed by atoms with Crippen molar-refractivity contribution in [3.05, 3.63) is 0 Å². The molecule has 2 heterocycles. The fraction of sp³-hybridized carbons (Fsp3) is 1.00. The Labute approximate surface area is 61.5 Å². The van der Waals surface area contributed by atoms with Crippen molar-refractivity contribution in [2.75, 3.05) is 19.6 Å². The van der Waals surface area contributed by atoms with Crippen molar-refractivity contribution in [1.82, 2.24) is 10.3 Å². The molecular formula is C7H15N3. The molecule has 2 rings (SSSR count). The van der Waals surface area contributed by atoms with Gasteiger partial charge in [0.25, 0.3) is 0 Å². The largest absolute Gasteiger partial charge is 0.301 e. The number of nitrogens with zero attached hydrogens (tertiary/aromatic N) is 1. The fourth-order valence-corrected chi connectivity index (χ4v) is 2.18. The third-order valence-electron chi connectivity index (χ3n) is 2.87. The average Bonchev–Trinajstić information content (AvgIpc) is 2.29. The Morgan fingerprint density at radius 3 is 2.90 bits per heavy atom. The van der Waals surface area contributed by atoms with E-state index in [0.717, 1.165) is 0 Å². The van der Waals surface area contributed by atoms with Crippen molar-refractivity contribution < 1.29 is 0 Å². The van der Waals surface area contributed by atoms with E-state index in [1.165, 1.54) is 38.9 Å². The third kappa shape index (κ3) is 0.856. The molecule has 0 saturated carbocycles. The predicted octanol–water partition coefficient (Wildman–Crippen LogP) is -0.312. The van der Waals surface area contributed by atoms with Gasteiger partial charge in [-0.2, -0.15) is 0 Å². The van der Waals surface area contributed by atoms with E-state index >= 15 is 0 Å². The van der Waals surface area contributed by atoms with Crippen LogP contribution in [0.15, 0.2) is 0 Å². The molecule has 58 valence electrons. The highest BCUT2D eigenvalue weighted by atomic mass is 15.3. The SMILES string of the molecule is NNC12CCCN(CC1)C2. The Morgan fingerprint density at radius 1 is 1.30 bits per heavy atom. The zero-order chi connectivity index (χ0) is 7.03. The van der Waals surface area contributed by atoms with Crippen molar-refractivity contribution in [3.8, 4) is 0 Å². The monoisotopic (exact) mass is 141 g/mol. The van der Waals surface area contributed by atoms with E-state index in [2.05, 4.69) is 10.3 Å². The standard InChI is InChI=1S/C7H15N3/c8-9-7-2-1-4-10(6-7)5-3-7/h9H,1-6,8H2. The van der Waals surface area contributed by atoms with E-state index in [1.807, 2.05) is 0 Å². The lowest BCUT2D eigenvalue weighted by Crippen LogP contribution is -2.53. The van der Waals surface area contributed by atoms with E-state index in [9.17, 15) is 0 Å². The lowest BCUT2D eigenvalue weighted by atomic mass is 9.92. The van der Waals surface area contributed by atoms with Crippen LogP contribution in [-0.2, 0) is 0 Å². The van der Waals surface area contributed by atoms with Gasteiger partial charge < -0.3 is 4.90 Å². The maximum Gasteiger partial charge on any atom is 0.0460 e. The van der Waals surface area contributed by atoms with Crippen molar-refractivity contribution >= 4 is 0 Å². The molecule has 3 heteroatoms. The quantitative estimate of drug-likeness (QED) is 0.389. The van der Waals surface area contributed by atoms with Crippen molar-refractivity contribution in [1.29, 1.82) is 0 Å². The van der Waals surface area contributed by atoms with Gasteiger partial charge in [0.2, 0.25) is 0 Å². The van der Waals surface area contributed by atoms with E-state index in [1.54, 1.807) is 0 Å². The predicted molar refractivity (Wildman–Crippen MR) is 40.3 cm³/mol. The van der Waals surface area contributed by atoms with Gasteiger partial charge in [0.1, 0.15) is 0 Å². The van der Waals surface area contributed by atoms with Gasteiger partial charge in [-0.05, 0) is 25.8 Å². The van der Waals surface area contributed by atoms with Crippen LogP contribution in [0.4, 0.5) is 0 Å². The van der Waals surface area contributed by atoms with Crippen LogP contribution < -0.4 is 11.3 Å². The molecule has 10 heavy (non-hydrogen) atoms. The maximum absolute atomic E-state index is 5.50. The van der Waals surface area contributed by atoms with Crippen molar-refractivity contribution in [3.63, 3.8) is 0 Å². The second kappa shape index (κ2) is 2.19. The lowest BCUT2D eigenvalue weighted by Gasteiger charge is -2.32. The van der Waals surface area contributed by atoms with Crippen LogP contribution in [0.3, 0.4) is 0 Å². The third-order valence-corrected chi connectivity index (χ3v) is 2.87. The lowest BCUT2D eigenvalue weighted by molar-refractivity contribution is 0.213. The van der Waals surface area contributed by atoms with Gasteiger partial charge in [-0.1, -0.05) is 0 Å². The van der Waals surface area contributed by atoms with Gasteiger partial charge >= 0.3 is 0 Å². The number of hydrogen-bond acceptors (Lipinski definition) is 3. The molecule has 0 spiro atoms. The molecule has 0 aromatic rings. The molecule has 2 saturated heterocycles. The van der Waals surface area contributed by atoms with Gasteiger partial charge in [0.15, 0.2) is 0 Å². The zero-order valence-corrected chi connectivity index (χ0v) is 6.27. The van der Waals surface area contributed by atoms with E-state index in [-0.39, 0.29) is 5.54 Å². The van der Waals surface area contributed by atoms with Gasteiger partial charge in [0, 0.05) is 18.6 Å². The molecule has 2 aliphatic heterocycles. The second-order valence-corrected chi connectivity index (χ2v) is 3.55. The smallest absolute Gasteiger partial charge is 0.0460 e. The van der Waals surface area contributed by atoms with Gasteiger partial charge in [-0.3, -0.25) is 11.3 Å². The number of rotatable bonds is 1. The van der Waals surface area contributed by atoms with E-state index < -0.39 is 0 Å². The minimum Gasteiger partial charge on any atom is -0.301 e. The number of nitrogens with one attached hydrogen (secondary N) is 1. The molecule has 2 fully saturated rings. The highest BCUT2D eigenvalue weighted by Gasteiger charge is 2.39. The summed E-state index contributed by atoms with van der Waals surface area (Å²) >= 11 is 0. The van der Waals surface area contributed by atoms with Gasteiger partial charge in [0.05, 0.1) is 0 Å². The number of hydrazine groups is 1. The number of piperidine rings is 1. The zero-order valence-electron chi connectivity index (χ0n) is 6.27. The van der Waals surface area contributed by atoms with E-state index in [4.69, 9.17) is 5.84 Å². The molecule has 0 amide bonds. The minimum absolute atomic E-state index is 0.290. The van der Waals surface area contributed by atoms with Crippen LogP contribution in [0.25, 0.3) is 0 Å². The van der Waals surface area contributed by atoms with Gasteiger partial charge in [-0.25, -0.2) is 0 Å². The molecule has 3 N–H and O–H groups in total. The summed E-state index contributed by atoms with van der Waals surface area (Å²) in [5.41, 5.74) is 3.26. The molecule has 0 aromatic heterocycles. The Hall–Kier alpha value is -0.120. The first-order valence-electron chi connectivity index (χ1n) is 4.05. The van der Waals surface area contributed by atoms with Crippen LogP contribution in [0.5, 0.6) is 0 Å². The van der Waals surface area contributed by atoms with Crippen molar-refractivity contribution in [2.24, 2.45) is 5.84 Å². The Bertz CT molecular complexity index is 133. The topological polar surface area (TPSA) is 41.3 Å². The molecule has 0 radical (unpaired) electrons. The molecule has 2 aliphatic rings. The maximum atomic E-state index is 5.50. The molecule has 2 bridgehead atoms. The summed E-state index contributed by atoms with van der Waals surface area (Å²) in [6, 6.07) is 0. The Morgan fingerprint density at radius 2 is 2.20 bits per heavy atom. The molecule has 3 nitrogen and oxygen atoms in total. The van der Waals surface area contributed by atoms with Crippen LogP contribution in [-0.4, -0.2) is 30.1 Å². The van der Waals surface area contributed by atoms with Gasteiger partial charge in [-0.15, -0.1) is 0 Å². The van der Waals surface area contributed by atoms with Crippen LogP contribution >= 0.6 is 0 Å². The summed E-state index contributed by atoms with van der Waals surface area (Å²) in [7, 11) is 0. The molecular weight excluding hydrogens is 126 g/mol. The first-order valence-corrected chi connectivity index (χ1v) is 4.05. The Balaban J connectivity index is 2.10. The van der Waals surface area contributed by atoms with Crippen LogP contribution in [0.1, 0.15) is 19.3 Å². The highest BCUT2D eigenvalue weighted by molar-refractivity contribution is 4.98. The summed E-state index contributed by atoms with van der Waals surface area (Å²) in [6.45, 7) is 3.69. The highest BCUT2D eigenvalue weighted by Crippen LogP contribution is 2.29. The molecule has 0 aromatic carbocycles. The number of fused-ring (bicyclic) bond motifs is 2. The fourth-order valence-electron chi connectivity index (χ4n) is 2.18.